The number of carboxylic acid groups (broad SMARTS) is 1. The smallest absolute Gasteiger partial charge is 0.404 e. The zero-order valence-electron chi connectivity index (χ0n) is 20.0. The van der Waals surface area contributed by atoms with Gasteiger partial charge in [-0.3, -0.25) is 9.48 Å². The lowest BCUT2D eigenvalue weighted by atomic mass is 10.00. The van der Waals surface area contributed by atoms with Gasteiger partial charge in [-0.2, -0.15) is 5.10 Å². The number of hydrogen-bond donors (Lipinski definition) is 5. The Morgan fingerprint density at radius 2 is 1.92 bits per heavy atom. The number of primary amides is 1. The van der Waals surface area contributed by atoms with E-state index in [9.17, 15) is 19.1 Å². The fourth-order valence-electron chi connectivity index (χ4n) is 4.05. The Balaban J connectivity index is 1.72. The molecule has 2 heterocycles. The summed E-state index contributed by atoms with van der Waals surface area (Å²) in [7, 11) is 0. The summed E-state index contributed by atoms with van der Waals surface area (Å²) in [4.78, 5) is 27.6. The molecule has 0 aliphatic rings. The Labute approximate surface area is 210 Å². The van der Waals surface area contributed by atoms with E-state index in [1.54, 1.807) is 24.4 Å². The quantitative estimate of drug-likeness (QED) is 0.225. The van der Waals surface area contributed by atoms with Crippen molar-refractivity contribution in [2.45, 2.75) is 32.5 Å². The maximum absolute atomic E-state index is 15.1. The highest BCUT2D eigenvalue weighted by atomic mass is 19.1. The minimum absolute atomic E-state index is 0.0181. The van der Waals surface area contributed by atoms with Crippen molar-refractivity contribution in [3.63, 3.8) is 0 Å². The maximum atomic E-state index is 15.1. The van der Waals surface area contributed by atoms with Crippen LogP contribution >= 0.6 is 0 Å². The van der Waals surface area contributed by atoms with Crippen LogP contribution in [0.25, 0.3) is 10.9 Å². The van der Waals surface area contributed by atoms with Gasteiger partial charge in [-0.05, 0) is 55.8 Å². The second-order valence-corrected chi connectivity index (χ2v) is 8.35. The molecule has 10 nitrogen and oxygen atoms in total. The Hall–Kier alpha value is -4.74. The molecule has 0 saturated carbocycles. The molecule has 0 fully saturated rings. The molecule has 4 rings (SSSR count). The number of pyridine rings is 1. The Morgan fingerprint density at radius 1 is 1.14 bits per heavy atom. The standard InChI is InChI=1S/C25H25F2N7O3/c1-3-34-20-8-7-17(10-15(20)12-29-34)31-23-18(22(28)35)11-19(27)24(33-23)32-21(13(2)30-25(36)37)14-5-4-6-16(26)9-14/h4-13,21,30H,3H2,1-2H3,(H2,28,35)(H,36,37)(H2,31,32,33)/t13-,21+/m0/s1. The molecule has 0 aliphatic heterocycles. The van der Waals surface area contributed by atoms with Crippen molar-refractivity contribution < 1.29 is 23.5 Å². The van der Waals surface area contributed by atoms with Crippen LogP contribution in [0.5, 0.6) is 0 Å². The molecular weight excluding hydrogens is 484 g/mol. The first-order valence-electron chi connectivity index (χ1n) is 11.4. The third kappa shape index (κ3) is 5.58. The molecule has 0 unspecified atom stereocenters. The number of carbonyl (C=O) groups excluding carboxylic acids is 1. The molecule has 2 amide bonds. The van der Waals surface area contributed by atoms with Crippen LogP contribution in [0.4, 0.5) is 30.9 Å². The summed E-state index contributed by atoms with van der Waals surface area (Å²) in [6, 6.07) is 10.1. The average molecular weight is 510 g/mol. The molecule has 37 heavy (non-hydrogen) atoms. The van der Waals surface area contributed by atoms with Gasteiger partial charge in [0.15, 0.2) is 11.6 Å². The molecule has 0 aliphatic carbocycles. The molecule has 0 spiro atoms. The van der Waals surface area contributed by atoms with Crippen LogP contribution in [0.1, 0.15) is 35.8 Å². The van der Waals surface area contributed by atoms with Crippen molar-refractivity contribution in [2.24, 2.45) is 5.73 Å². The van der Waals surface area contributed by atoms with Crippen molar-refractivity contribution in [1.82, 2.24) is 20.1 Å². The molecule has 0 bridgehead atoms. The summed E-state index contributed by atoms with van der Waals surface area (Å²) in [5.74, 6) is -2.66. The summed E-state index contributed by atoms with van der Waals surface area (Å²) in [6.45, 7) is 4.20. The van der Waals surface area contributed by atoms with Gasteiger partial charge >= 0.3 is 6.09 Å². The lowest BCUT2D eigenvalue weighted by Gasteiger charge is -2.26. The van der Waals surface area contributed by atoms with E-state index in [2.05, 4.69) is 26.0 Å². The maximum Gasteiger partial charge on any atom is 0.404 e. The lowest BCUT2D eigenvalue weighted by Crippen LogP contribution is -2.39. The van der Waals surface area contributed by atoms with Gasteiger partial charge in [-0.15, -0.1) is 0 Å². The van der Waals surface area contributed by atoms with E-state index in [-0.39, 0.29) is 17.2 Å². The number of aromatic nitrogens is 3. The first kappa shape index (κ1) is 25.4. The van der Waals surface area contributed by atoms with E-state index < -0.39 is 35.7 Å². The zero-order valence-corrected chi connectivity index (χ0v) is 20.0. The molecule has 2 aromatic heterocycles. The van der Waals surface area contributed by atoms with Crippen molar-refractivity contribution in [1.29, 1.82) is 0 Å². The zero-order chi connectivity index (χ0) is 26.7. The van der Waals surface area contributed by atoms with Crippen molar-refractivity contribution >= 4 is 40.2 Å². The second-order valence-electron chi connectivity index (χ2n) is 8.35. The summed E-state index contributed by atoms with van der Waals surface area (Å²) < 4.78 is 30.8. The molecular formula is C25H25F2N7O3. The molecule has 2 aromatic carbocycles. The fourth-order valence-corrected chi connectivity index (χ4v) is 4.05. The van der Waals surface area contributed by atoms with Crippen LogP contribution in [0.15, 0.2) is 54.7 Å². The molecule has 192 valence electrons. The topological polar surface area (TPSA) is 147 Å². The second kappa shape index (κ2) is 10.5. The van der Waals surface area contributed by atoms with E-state index in [1.165, 1.54) is 25.1 Å². The monoisotopic (exact) mass is 509 g/mol. The number of rotatable bonds is 9. The van der Waals surface area contributed by atoms with Gasteiger partial charge in [0, 0.05) is 17.6 Å². The third-order valence-electron chi connectivity index (χ3n) is 5.80. The number of fused-ring (bicyclic) bond motifs is 1. The highest BCUT2D eigenvalue weighted by molar-refractivity contribution is 5.99. The van der Waals surface area contributed by atoms with E-state index in [4.69, 9.17) is 5.73 Å². The number of nitrogens with zero attached hydrogens (tertiary/aromatic N) is 3. The summed E-state index contributed by atoms with van der Waals surface area (Å²) in [6.07, 6.45) is 0.391. The number of halogens is 2. The summed E-state index contributed by atoms with van der Waals surface area (Å²) in [5, 5.41) is 22.5. The van der Waals surface area contributed by atoms with Crippen LogP contribution in [0, 0.1) is 11.6 Å². The number of anilines is 3. The van der Waals surface area contributed by atoms with Crippen molar-refractivity contribution in [3.8, 4) is 0 Å². The number of carbonyl (C=O) groups is 2. The largest absolute Gasteiger partial charge is 0.465 e. The number of hydrogen-bond acceptors (Lipinski definition) is 6. The predicted molar refractivity (Wildman–Crippen MR) is 135 cm³/mol. The van der Waals surface area contributed by atoms with Gasteiger partial charge < -0.3 is 26.8 Å². The highest BCUT2D eigenvalue weighted by Crippen LogP contribution is 2.29. The van der Waals surface area contributed by atoms with Crippen LogP contribution in [0.3, 0.4) is 0 Å². The van der Waals surface area contributed by atoms with Crippen LogP contribution in [-0.4, -0.2) is 37.9 Å². The van der Waals surface area contributed by atoms with E-state index in [1.807, 2.05) is 17.7 Å². The first-order chi connectivity index (χ1) is 17.7. The molecule has 0 saturated heterocycles. The number of amides is 2. The number of benzene rings is 2. The average Bonchev–Trinajstić information content (AvgIpc) is 3.25. The first-order valence-corrected chi connectivity index (χ1v) is 11.4. The van der Waals surface area contributed by atoms with Crippen molar-refractivity contribution in [2.75, 3.05) is 10.6 Å². The van der Waals surface area contributed by atoms with Gasteiger partial charge in [0.25, 0.3) is 5.91 Å². The predicted octanol–water partition coefficient (Wildman–Crippen LogP) is 4.38. The highest BCUT2D eigenvalue weighted by Gasteiger charge is 2.25. The van der Waals surface area contributed by atoms with Gasteiger partial charge in [0.2, 0.25) is 0 Å². The Morgan fingerprint density at radius 3 is 2.59 bits per heavy atom. The van der Waals surface area contributed by atoms with Crippen LogP contribution < -0.4 is 21.7 Å². The van der Waals surface area contributed by atoms with E-state index >= 15 is 4.39 Å². The van der Waals surface area contributed by atoms with Gasteiger partial charge in [0.05, 0.1) is 29.4 Å². The lowest BCUT2D eigenvalue weighted by molar-refractivity contribution is 0.1000. The summed E-state index contributed by atoms with van der Waals surface area (Å²) in [5.41, 5.74) is 7.11. The van der Waals surface area contributed by atoms with Crippen LogP contribution in [-0.2, 0) is 6.54 Å². The van der Waals surface area contributed by atoms with Crippen LogP contribution in [0.2, 0.25) is 0 Å². The molecule has 6 N–H and O–H groups in total. The number of aryl methyl sites for hydroxylation is 1. The Kier molecular flexibility index (Phi) is 7.18. The number of nitrogens with one attached hydrogen (secondary N) is 3. The summed E-state index contributed by atoms with van der Waals surface area (Å²) >= 11 is 0. The van der Waals surface area contributed by atoms with Gasteiger partial charge in [0.1, 0.15) is 11.6 Å². The Bertz CT molecular complexity index is 1470. The van der Waals surface area contributed by atoms with Gasteiger partial charge in [-0.1, -0.05) is 12.1 Å². The molecule has 12 heteroatoms. The minimum atomic E-state index is -1.31. The molecule has 2 atom stereocenters. The fraction of sp³-hybridized carbons (Fsp3) is 0.200. The third-order valence-corrected chi connectivity index (χ3v) is 5.80. The van der Waals surface area contributed by atoms with E-state index in [0.717, 1.165) is 17.0 Å². The number of nitrogens with two attached hydrogens (primary N) is 1. The molecule has 4 aromatic rings. The van der Waals surface area contributed by atoms with Gasteiger partial charge in [-0.25, -0.2) is 18.6 Å². The molecule has 0 radical (unpaired) electrons. The SMILES string of the molecule is CCn1ncc2cc(Nc3nc(N[C@@H](c4cccc(F)c4)[C@H](C)NC(=O)O)c(F)cc3C(N)=O)ccc21. The minimum Gasteiger partial charge on any atom is -0.465 e. The normalized spacial score (nSPS) is 12.6. The van der Waals surface area contributed by atoms with E-state index in [0.29, 0.717) is 17.8 Å². The van der Waals surface area contributed by atoms with Crippen molar-refractivity contribution in [3.05, 3.63) is 77.5 Å².